The molecule has 0 saturated heterocycles. The maximum Gasteiger partial charge on any atom is 0.208 e. The highest BCUT2D eigenvalue weighted by molar-refractivity contribution is 7.59. The molecule has 4 nitrogen and oxygen atoms in total. The molecule has 0 aromatic heterocycles. The Kier molecular flexibility index (Phi) is 6.05. The third-order valence-electron chi connectivity index (χ3n) is 2.45. The van der Waals surface area contributed by atoms with Gasteiger partial charge in [-0.05, 0) is 20.3 Å². The van der Waals surface area contributed by atoms with Crippen molar-refractivity contribution in [3.63, 3.8) is 0 Å². The van der Waals surface area contributed by atoms with E-state index in [2.05, 4.69) is 5.16 Å². The maximum atomic E-state index is 11.8. The molecule has 0 radical (unpaired) electrons. The van der Waals surface area contributed by atoms with E-state index in [0.29, 0.717) is 11.9 Å². The molecule has 0 aliphatic heterocycles. The average molecular weight is 221 g/mol. The van der Waals surface area contributed by atoms with Crippen molar-refractivity contribution < 1.29 is 14.7 Å². The number of nitrogens with zero attached hydrogens (tertiary/aromatic N) is 1. The van der Waals surface area contributed by atoms with Crippen LogP contribution in [0.25, 0.3) is 0 Å². The van der Waals surface area contributed by atoms with E-state index in [4.69, 9.17) is 5.21 Å². The van der Waals surface area contributed by atoms with Crippen LogP contribution in [-0.4, -0.2) is 27.6 Å². The van der Waals surface area contributed by atoms with Crippen LogP contribution in [0.3, 0.4) is 0 Å². The Labute approximate surface area is 85.5 Å². The Bertz CT molecular complexity index is 240. The van der Waals surface area contributed by atoms with Crippen LogP contribution in [0.2, 0.25) is 0 Å². The minimum atomic E-state index is -3.18. The molecular formula is C9H20NO3P. The first-order valence-corrected chi connectivity index (χ1v) is 6.87. The van der Waals surface area contributed by atoms with Gasteiger partial charge in [-0.2, -0.15) is 0 Å². The summed E-state index contributed by atoms with van der Waals surface area (Å²) in [6, 6.07) is 0. The van der Waals surface area contributed by atoms with Gasteiger partial charge in [0.25, 0.3) is 0 Å². The van der Waals surface area contributed by atoms with Crippen molar-refractivity contribution in [3.8, 4) is 0 Å². The van der Waals surface area contributed by atoms with Crippen LogP contribution in [0.1, 0.15) is 40.0 Å². The smallest absolute Gasteiger partial charge is 0.208 e. The molecule has 0 spiro atoms. The fourth-order valence-corrected chi connectivity index (χ4v) is 2.86. The topological polar surface area (TPSA) is 69.9 Å². The van der Waals surface area contributed by atoms with Crippen molar-refractivity contribution in [1.82, 2.24) is 0 Å². The van der Waals surface area contributed by atoms with Crippen molar-refractivity contribution in [1.29, 1.82) is 0 Å². The molecular weight excluding hydrogens is 201 g/mol. The van der Waals surface area contributed by atoms with E-state index >= 15 is 0 Å². The van der Waals surface area contributed by atoms with E-state index in [0.717, 1.165) is 19.3 Å². The molecule has 2 atom stereocenters. The van der Waals surface area contributed by atoms with Gasteiger partial charge in [0, 0.05) is 6.16 Å². The quantitative estimate of drug-likeness (QED) is 0.238. The number of unbranched alkanes of at least 4 members (excludes halogenated alkanes) is 2. The third kappa shape index (κ3) is 4.25. The van der Waals surface area contributed by atoms with E-state index in [-0.39, 0.29) is 0 Å². The summed E-state index contributed by atoms with van der Waals surface area (Å²) < 4.78 is 11.8. The zero-order chi connectivity index (χ0) is 11.2. The zero-order valence-corrected chi connectivity index (χ0v) is 10.00. The summed E-state index contributed by atoms with van der Waals surface area (Å²) in [7, 11) is -3.18. The van der Waals surface area contributed by atoms with Gasteiger partial charge in [-0.15, -0.1) is 0 Å². The second-order valence-electron chi connectivity index (χ2n) is 3.60. The molecule has 0 bridgehead atoms. The van der Waals surface area contributed by atoms with Gasteiger partial charge in [0.05, 0.1) is 11.4 Å². The van der Waals surface area contributed by atoms with Crippen molar-refractivity contribution in [2.24, 2.45) is 5.16 Å². The molecule has 0 aliphatic carbocycles. The minimum absolute atomic E-state index is 0.314. The van der Waals surface area contributed by atoms with Gasteiger partial charge in [0.1, 0.15) is 0 Å². The molecule has 2 unspecified atom stereocenters. The first-order chi connectivity index (χ1) is 6.45. The highest BCUT2D eigenvalue weighted by Crippen LogP contribution is 2.47. The molecule has 0 saturated carbocycles. The van der Waals surface area contributed by atoms with Gasteiger partial charge in [0.15, 0.2) is 0 Å². The van der Waals surface area contributed by atoms with Gasteiger partial charge in [-0.1, -0.05) is 24.9 Å². The predicted molar refractivity (Wildman–Crippen MR) is 58.6 cm³/mol. The molecule has 0 aromatic rings. The lowest BCUT2D eigenvalue weighted by atomic mass is 10.3. The fraction of sp³-hybridized carbons (Fsp3) is 0.889. The Hall–Kier alpha value is -0.340. The summed E-state index contributed by atoms with van der Waals surface area (Å²) in [6.07, 6.45) is 3.07. The van der Waals surface area contributed by atoms with Crippen LogP contribution in [0.15, 0.2) is 5.16 Å². The zero-order valence-electron chi connectivity index (χ0n) is 9.10. The van der Waals surface area contributed by atoms with Gasteiger partial charge in [0.2, 0.25) is 7.37 Å². The van der Waals surface area contributed by atoms with E-state index in [9.17, 15) is 9.46 Å². The summed E-state index contributed by atoms with van der Waals surface area (Å²) in [4.78, 5) is 9.67. The predicted octanol–water partition coefficient (Wildman–Crippen LogP) is 2.69. The highest BCUT2D eigenvalue weighted by atomic mass is 31.2. The number of rotatable bonds is 6. The van der Waals surface area contributed by atoms with Gasteiger partial charge in [-0.3, -0.25) is 4.57 Å². The average Bonchev–Trinajstić information content (AvgIpc) is 2.15. The van der Waals surface area contributed by atoms with Crippen LogP contribution in [-0.2, 0) is 4.57 Å². The summed E-state index contributed by atoms with van der Waals surface area (Å²) in [5.41, 5.74) is -0.211. The monoisotopic (exact) mass is 221 g/mol. The van der Waals surface area contributed by atoms with Gasteiger partial charge in [-0.25, -0.2) is 0 Å². The SMILES string of the molecule is CCCCCP(=O)(O)C(C)C(C)=NO. The van der Waals surface area contributed by atoms with E-state index < -0.39 is 13.0 Å². The third-order valence-corrected chi connectivity index (χ3v) is 4.99. The molecule has 0 heterocycles. The van der Waals surface area contributed by atoms with Crippen LogP contribution in [0, 0.1) is 0 Å². The Balaban J connectivity index is 4.24. The normalized spacial score (nSPS) is 19.0. The van der Waals surface area contributed by atoms with Crippen molar-refractivity contribution in [2.45, 2.75) is 45.7 Å². The Morgan fingerprint density at radius 2 is 2.07 bits per heavy atom. The van der Waals surface area contributed by atoms with E-state index in [1.54, 1.807) is 13.8 Å². The van der Waals surface area contributed by atoms with Crippen LogP contribution < -0.4 is 0 Å². The van der Waals surface area contributed by atoms with Crippen molar-refractivity contribution >= 4 is 13.1 Å². The van der Waals surface area contributed by atoms with Crippen LogP contribution >= 0.6 is 7.37 Å². The van der Waals surface area contributed by atoms with Crippen molar-refractivity contribution in [2.75, 3.05) is 6.16 Å². The van der Waals surface area contributed by atoms with E-state index in [1.807, 2.05) is 6.92 Å². The van der Waals surface area contributed by atoms with Gasteiger partial charge >= 0.3 is 0 Å². The molecule has 5 heteroatoms. The largest absolute Gasteiger partial charge is 0.411 e. The molecule has 2 N–H and O–H groups in total. The number of hydrogen-bond donors (Lipinski definition) is 2. The van der Waals surface area contributed by atoms with Crippen LogP contribution in [0.4, 0.5) is 0 Å². The first kappa shape index (κ1) is 13.7. The number of oxime groups is 1. The highest BCUT2D eigenvalue weighted by Gasteiger charge is 2.28. The fourth-order valence-electron chi connectivity index (χ4n) is 1.16. The number of hydrogen-bond acceptors (Lipinski definition) is 3. The van der Waals surface area contributed by atoms with Crippen LogP contribution in [0.5, 0.6) is 0 Å². The lowest BCUT2D eigenvalue weighted by Gasteiger charge is -2.18. The van der Waals surface area contributed by atoms with E-state index in [1.165, 1.54) is 0 Å². The molecule has 0 aromatic carbocycles. The Morgan fingerprint density at radius 3 is 2.50 bits per heavy atom. The molecule has 0 aliphatic rings. The standard InChI is InChI=1S/C9H20NO3P/c1-4-5-6-7-14(12,13)9(3)8(2)10-11/h9,11H,4-7H2,1-3H3,(H,12,13). The lowest BCUT2D eigenvalue weighted by molar-refractivity contribution is 0.317. The minimum Gasteiger partial charge on any atom is -0.411 e. The molecule has 0 fully saturated rings. The summed E-state index contributed by atoms with van der Waals surface area (Å²) in [5, 5.41) is 11.5. The van der Waals surface area contributed by atoms with Crippen molar-refractivity contribution in [3.05, 3.63) is 0 Å². The molecule has 84 valence electrons. The molecule has 0 amide bonds. The summed E-state index contributed by atoms with van der Waals surface area (Å²) >= 11 is 0. The lowest BCUT2D eigenvalue weighted by Crippen LogP contribution is -2.16. The Morgan fingerprint density at radius 1 is 1.50 bits per heavy atom. The summed E-state index contributed by atoms with van der Waals surface area (Å²) in [6.45, 7) is 5.24. The maximum absolute atomic E-state index is 11.8. The first-order valence-electron chi connectivity index (χ1n) is 4.95. The molecule has 0 rings (SSSR count). The van der Waals surface area contributed by atoms with Gasteiger partial charge < -0.3 is 10.1 Å². The second-order valence-corrected chi connectivity index (χ2v) is 6.34. The molecule has 14 heavy (non-hydrogen) atoms. The summed E-state index contributed by atoms with van der Waals surface area (Å²) in [5.74, 6) is 0. The second kappa shape index (κ2) is 6.20.